The van der Waals surface area contributed by atoms with Crippen molar-refractivity contribution in [2.45, 2.75) is 36.0 Å². The maximum atomic E-state index is 12.8. The smallest absolute Gasteiger partial charge is 0.331 e. The number of benzene rings is 2. The first-order chi connectivity index (χ1) is 12.0. The van der Waals surface area contributed by atoms with Gasteiger partial charge in [0.15, 0.2) is 0 Å². The van der Waals surface area contributed by atoms with Crippen LogP contribution in [0.2, 0.25) is 0 Å². The Morgan fingerprint density at radius 3 is 2.56 bits per heavy atom. The van der Waals surface area contributed by atoms with Crippen LogP contribution in [0.25, 0.3) is 5.57 Å². The van der Waals surface area contributed by atoms with Gasteiger partial charge in [-0.2, -0.15) is 0 Å². The van der Waals surface area contributed by atoms with E-state index in [0.717, 1.165) is 36.0 Å². The fraction of sp³-hybridized carbons (Fsp3) is 0.250. The zero-order valence-corrected chi connectivity index (χ0v) is 14.9. The minimum atomic E-state index is -3.53. The summed E-state index contributed by atoms with van der Waals surface area (Å²) in [6.07, 6.45) is 3.99. The Balaban J connectivity index is 1.99. The van der Waals surface area contributed by atoms with E-state index < -0.39 is 9.84 Å². The highest BCUT2D eigenvalue weighted by molar-refractivity contribution is 7.91. The first-order valence-corrected chi connectivity index (χ1v) is 9.81. The molecule has 0 fully saturated rings. The summed E-state index contributed by atoms with van der Waals surface area (Å²) in [5.74, 6) is -0.355. The lowest BCUT2D eigenvalue weighted by Gasteiger charge is -2.20. The van der Waals surface area contributed by atoms with Gasteiger partial charge in [0.1, 0.15) is 0 Å². The van der Waals surface area contributed by atoms with E-state index in [-0.39, 0.29) is 15.8 Å². The fourth-order valence-electron chi connectivity index (χ4n) is 3.07. The lowest BCUT2D eigenvalue weighted by molar-refractivity contribution is -0.137. The van der Waals surface area contributed by atoms with E-state index in [1.54, 1.807) is 55.5 Å². The third-order valence-electron chi connectivity index (χ3n) is 4.26. The number of sulfone groups is 1. The molecule has 1 aliphatic rings. The second-order valence-corrected chi connectivity index (χ2v) is 7.86. The highest BCUT2D eigenvalue weighted by Crippen LogP contribution is 2.33. The van der Waals surface area contributed by atoms with Crippen LogP contribution in [-0.4, -0.2) is 21.0 Å². The molecule has 2 aromatic carbocycles. The van der Waals surface area contributed by atoms with Crippen molar-refractivity contribution in [1.82, 2.24) is 0 Å². The highest BCUT2D eigenvalue weighted by atomic mass is 32.2. The summed E-state index contributed by atoms with van der Waals surface area (Å²) < 4.78 is 30.5. The molecule has 0 spiro atoms. The number of aryl methyl sites for hydroxylation is 1. The van der Waals surface area contributed by atoms with E-state index >= 15 is 0 Å². The summed E-state index contributed by atoms with van der Waals surface area (Å²) in [6, 6.07) is 13.6. The number of carbonyl (C=O) groups excluding carboxylic acids is 1. The number of hydrogen-bond acceptors (Lipinski definition) is 4. The van der Waals surface area contributed by atoms with Gasteiger partial charge in [-0.05, 0) is 67.2 Å². The van der Waals surface area contributed by atoms with Crippen LogP contribution in [0.5, 0.6) is 0 Å². The zero-order valence-electron chi connectivity index (χ0n) is 14.1. The van der Waals surface area contributed by atoms with Crippen molar-refractivity contribution in [3.63, 3.8) is 0 Å². The molecule has 0 atom stereocenters. The largest absolute Gasteiger partial charge is 0.463 e. The summed E-state index contributed by atoms with van der Waals surface area (Å²) >= 11 is 0. The zero-order chi connectivity index (χ0) is 17.9. The third kappa shape index (κ3) is 3.66. The number of esters is 1. The number of ether oxygens (including phenoxy) is 1. The van der Waals surface area contributed by atoms with E-state index in [4.69, 9.17) is 4.74 Å². The predicted octanol–water partition coefficient (Wildman–Crippen LogP) is 3.80. The molecule has 0 heterocycles. The molecule has 0 saturated carbocycles. The lowest BCUT2D eigenvalue weighted by Crippen LogP contribution is -2.08. The third-order valence-corrected chi connectivity index (χ3v) is 6.02. The Hall–Kier alpha value is -2.40. The molecule has 3 rings (SSSR count). The average molecular weight is 356 g/mol. The van der Waals surface area contributed by atoms with Crippen molar-refractivity contribution in [3.8, 4) is 0 Å². The monoisotopic (exact) mass is 356 g/mol. The van der Waals surface area contributed by atoms with Gasteiger partial charge in [-0.3, -0.25) is 0 Å². The van der Waals surface area contributed by atoms with Crippen molar-refractivity contribution in [3.05, 3.63) is 65.7 Å². The Labute approximate surface area is 148 Å². The van der Waals surface area contributed by atoms with Crippen molar-refractivity contribution in [2.75, 3.05) is 6.61 Å². The standard InChI is InChI=1S/C20H20O4S/c1-2-24-20(21)14-16-8-6-7-15-13-18(11-12-19(15)16)25(22,23)17-9-4-3-5-10-17/h3-5,9-14H,2,6-8H2,1H3/b16-14+. The summed E-state index contributed by atoms with van der Waals surface area (Å²) in [4.78, 5) is 12.3. The number of carbonyl (C=O) groups is 1. The summed E-state index contributed by atoms with van der Waals surface area (Å²) in [7, 11) is -3.53. The average Bonchev–Trinajstić information content (AvgIpc) is 2.62. The van der Waals surface area contributed by atoms with E-state index in [1.165, 1.54) is 6.08 Å². The topological polar surface area (TPSA) is 60.4 Å². The minimum Gasteiger partial charge on any atom is -0.463 e. The van der Waals surface area contributed by atoms with Crippen LogP contribution in [0.15, 0.2) is 64.4 Å². The highest BCUT2D eigenvalue weighted by Gasteiger charge is 2.21. The molecule has 2 aromatic rings. The minimum absolute atomic E-state index is 0.285. The molecule has 0 aliphatic heterocycles. The number of fused-ring (bicyclic) bond motifs is 1. The van der Waals surface area contributed by atoms with Gasteiger partial charge in [-0.15, -0.1) is 0 Å². The Bertz CT molecular complexity index is 912. The number of allylic oxidation sites excluding steroid dienone is 1. The van der Waals surface area contributed by atoms with Crippen molar-refractivity contribution >= 4 is 21.4 Å². The SMILES string of the molecule is CCOC(=O)/C=C1\CCCc2cc(S(=O)(=O)c3ccccc3)ccc21. The Kier molecular flexibility index (Phi) is 5.04. The fourth-order valence-corrected chi connectivity index (χ4v) is 4.41. The molecule has 0 aromatic heterocycles. The lowest BCUT2D eigenvalue weighted by atomic mass is 9.87. The molecule has 25 heavy (non-hydrogen) atoms. The maximum Gasteiger partial charge on any atom is 0.331 e. The Morgan fingerprint density at radius 2 is 1.84 bits per heavy atom. The first kappa shape index (κ1) is 17.4. The van der Waals surface area contributed by atoms with Crippen LogP contribution >= 0.6 is 0 Å². The van der Waals surface area contributed by atoms with E-state index in [2.05, 4.69) is 0 Å². The quantitative estimate of drug-likeness (QED) is 0.617. The second kappa shape index (κ2) is 7.23. The number of hydrogen-bond donors (Lipinski definition) is 0. The van der Waals surface area contributed by atoms with Crippen LogP contribution in [0, 0.1) is 0 Å². The van der Waals surface area contributed by atoms with Crippen molar-refractivity contribution in [1.29, 1.82) is 0 Å². The summed E-state index contributed by atoms with van der Waals surface area (Å²) in [5.41, 5.74) is 2.80. The maximum absolute atomic E-state index is 12.8. The molecule has 4 nitrogen and oxygen atoms in total. The van der Waals surface area contributed by atoms with Gasteiger partial charge in [0, 0.05) is 6.08 Å². The van der Waals surface area contributed by atoms with Gasteiger partial charge in [0.05, 0.1) is 16.4 Å². The normalized spacial score (nSPS) is 15.6. The predicted molar refractivity (Wildman–Crippen MR) is 95.9 cm³/mol. The van der Waals surface area contributed by atoms with Gasteiger partial charge in [-0.1, -0.05) is 24.3 Å². The van der Waals surface area contributed by atoms with Crippen LogP contribution in [0.1, 0.15) is 30.9 Å². The Morgan fingerprint density at radius 1 is 1.08 bits per heavy atom. The molecule has 130 valence electrons. The van der Waals surface area contributed by atoms with Crippen molar-refractivity contribution in [2.24, 2.45) is 0 Å². The molecule has 5 heteroatoms. The summed E-state index contributed by atoms with van der Waals surface area (Å²) in [6.45, 7) is 2.11. The molecule has 0 saturated heterocycles. The molecule has 0 amide bonds. The van der Waals surface area contributed by atoms with Gasteiger partial charge in [0.25, 0.3) is 0 Å². The van der Waals surface area contributed by atoms with Crippen molar-refractivity contribution < 1.29 is 17.9 Å². The van der Waals surface area contributed by atoms with E-state index in [1.807, 2.05) is 0 Å². The molecule has 0 unspecified atom stereocenters. The number of rotatable bonds is 4. The van der Waals surface area contributed by atoms with Gasteiger partial charge in [0.2, 0.25) is 9.84 Å². The van der Waals surface area contributed by atoms with Gasteiger partial charge in [-0.25, -0.2) is 13.2 Å². The van der Waals surface area contributed by atoms with Crippen LogP contribution in [0.4, 0.5) is 0 Å². The van der Waals surface area contributed by atoms with Gasteiger partial charge >= 0.3 is 5.97 Å². The van der Waals surface area contributed by atoms with Crippen LogP contribution < -0.4 is 0 Å². The van der Waals surface area contributed by atoms with E-state index in [9.17, 15) is 13.2 Å². The molecular formula is C20H20O4S. The molecular weight excluding hydrogens is 336 g/mol. The molecule has 0 radical (unpaired) electrons. The van der Waals surface area contributed by atoms with Gasteiger partial charge < -0.3 is 4.74 Å². The molecule has 0 N–H and O–H groups in total. The van der Waals surface area contributed by atoms with E-state index in [0.29, 0.717) is 6.61 Å². The van der Waals surface area contributed by atoms with Crippen LogP contribution in [-0.2, 0) is 25.8 Å². The summed E-state index contributed by atoms with van der Waals surface area (Å²) in [5, 5.41) is 0. The van der Waals surface area contributed by atoms with Crippen LogP contribution in [0.3, 0.4) is 0 Å². The second-order valence-electron chi connectivity index (χ2n) is 5.91. The first-order valence-electron chi connectivity index (χ1n) is 8.33. The molecule has 1 aliphatic carbocycles. The molecule has 0 bridgehead atoms.